The summed E-state index contributed by atoms with van der Waals surface area (Å²) in [6, 6.07) is 14.1. The fraction of sp³-hybridized carbons (Fsp3) is 0.348. The van der Waals surface area contributed by atoms with E-state index in [2.05, 4.69) is 25.1 Å². The number of ether oxygens (including phenoxy) is 2. The van der Waals surface area contributed by atoms with Gasteiger partial charge in [0.2, 0.25) is 0 Å². The lowest BCUT2D eigenvalue weighted by atomic mass is 9.86. The van der Waals surface area contributed by atoms with Crippen molar-refractivity contribution in [3.63, 3.8) is 0 Å². The van der Waals surface area contributed by atoms with E-state index in [1.54, 1.807) is 7.11 Å². The van der Waals surface area contributed by atoms with Gasteiger partial charge >= 0.3 is 0 Å². The molecule has 0 saturated carbocycles. The minimum Gasteiger partial charge on any atom is -0.497 e. The molecule has 0 amide bonds. The summed E-state index contributed by atoms with van der Waals surface area (Å²) < 4.78 is 11.7. The molecular formula is C23H25NO3. The summed E-state index contributed by atoms with van der Waals surface area (Å²) in [5.41, 5.74) is 10.9. The summed E-state index contributed by atoms with van der Waals surface area (Å²) in [5.74, 6) is 0.691. The van der Waals surface area contributed by atoms with Gasteiger partial charge in [-0.25, -0.2) is 0 Å². The molecule has 2 aliphatic heterocycles. The molecule has 2 aromatic carbocycles. The van der Waals surface area contributed by atoms with Gasteiger partial charge in [-0.2, -0.15) is 0 Å². The van der Waals surface area contributed by atoms with Crippen molar-refractivity contribution < 1.29 is 14.3 Å². The van der Waals surface area contributed by atoms with Crippen LogP contribution in [0, 0.1) is 0 Å². The molecule has 2 N–H and O–H groups in total. The Bertz CT molecular complexity index is 929. The number of rotatable bonds is 4. The van der Waals surface area contributed by atoms with E-state index in [9.17, 15) is 4.79 Å². The Kier molecular flexibility index (Phi) is 4.31. The second-order valence-corrected chi connectivity index (χ2v) is 7.50. The molecule has 4 nitrogen and oxygen atoms in total. The molecule has 2 aliphatic rings. The first kappa shape index (κ1) is 17.8. The molecule has 1 saturated heterocycles. The van der Waals surface area contributed by atoms with Crippen molar-refractivity contribution in [1.82, 2.24) is 0 Å². The molecule has 0 unspecified atom stereocenters. The number of ketones is 1. The predicted molar refractivity (Wildman–Crippen MR) is 107 cm³/mol. The van der Waals surface area contributed by atoms with Gasteiger partial charge in [-0.05, 0) is 66.6 Å². The number of hydrogen-bond donors (Lipinski definition) is 1. The Balaban J connectivity index is 1.91. The number of anilines is 1. The van der Waals surface area contributed by atoms with Gasteiger partial charge in [0.15, 0.2) is 5.78 Å². The second kappa shape index (κ2) is 6.54. The highest BCUT2D eigenvalue weighted by Gasteiger charge is 2.51. The van der Waals surface area contributed by atoms with Gasteiger partial charge in [-0.3, -0.25) is 4.79 Å². The molecule has 140 valence electrons. The predicted octanol–water partition coefficient (Wildman–Crippen LogP) is 4.38. The Hall–Kier alpha value is -2.59. The number of methoxy groups -OCH3 is 1. The van der Waals surface area contributed by atoms with Gasteiger partial charge in [0.05, 0.1) is 12.7 Å². The summed E-state index contributed by atoms with van der Waals surface area (Å²) in [6.45, 7) is 4.13. The molecule has 2 atom stereocenters. The monoisotopic (exact) mass is 363 g/mol. The second-order valence-electron chi connectivity index (χ2n) is 7.50. The fourth-order valence-corrected chi connectivity index (χ4v) is 4.27. The van der Waals surface area contributed by atoms with Gasteiger partial charge in [-0.1, -0.05) is 31.2 Å². The highest BCUT2D eigenvalue weighted by atomic mass is 16.6. The molecule has 2 heterocycles. The van der Waals surface area contributed by atoms with Crippen LogP contribution in [-0.4, -0.2) is 24.6 Å². The molecule has 27 heavy (non-hydrogen) atoms. The van der Waals surface area contributed by atoms with E-state index in [1.807, 2.05) is 31.2 Å². The number of aryl methyl sites for hydroxylation is 1. The molecule has 4 heteroatoms. The standard InChI is InChI=1S/C23H25NO3/c1-4-14-5-6-16(15-7-9-17(24)10-8-15)13-18(14)20-21(25)19-11-12-23(2,27-19)22(20)26-3/h5-10,13,19H,4,11-12,24H2,1-3H3/t19-,23+/m0/s1. The third-order valence-electron chi connectivity index (χ3n) is 5.74. The van der Waals surface area contributed by atoms with Crippen molar-refractivity contribution >= 4 is 17.0 Å². The zero-order valence-electron chi connectivity index (χ0n) is 16.0. The Morgan fingerprint density at radius 2 is 1.89 bits per heavy atom. The van der Waals surface area contributed by atoms with E-state index >= 15 is 0 Å². The lowest BCUT2D eigenvalue weighted by molar-refractivity contribution is -0.131. The number of nitrogen functional groups attached to an aromatic ring is 1. The van der Waals surface area contributed by atoms with Crippen LogP contribution >= 0.6 is 0 Å². The molecule has 0 aromatic heterocycles. The number of carbonyl (C=O) groups excluding carboxylic acids is 1. The van der Waals surface area contributed by atoms with Crippen molar-refractivity contribution in [1.29, 1.82) is 0 Å². The molecule has 2 bridgehead atoms. The zero-order chi connectivity index (χ0) is 19.2. The van der Waals surface area contributed by atoms with Crippen LogP contribution in [0.2, 0.25) is 0 Å². The first-order chi connectivity index (χ1) is 13.0. The van der Waals surface area contributed by atoms with E-state index in [1.165, 1.54) is 0 Å². The van der Waals surface area contributed by atoms with Crippen LogP contribution in [0.3, 0.4) is 0 Å². The molecule has 4 rings (SSSR count). The number of benzene rings is 2. The Morgan fingerprint density at radius 1 is 1.19 bits per heavy atom. The quantitative estimate of drug-likeness (QED) is 0.819. The maximum absolute atomic E-state index is 13.2. The van der Waals surface area contributed by atoms with Crippen molar-refractivity contribution in [3.05, 3.63) is 59.4 Å². The largest absolute Gasteiger partial charge is 0.497 e. The lowest BCUT2D eigenvalue weighted by Crippen LogP contribution is -2.38. The maximum Gasteiger partial charge on any atom is 0.195 e. The molecule has 0 spiro atoms. The Morgan fingerprint density at radius 3 is 2.56 bits per heavy atom. The van der Waals surface area contributed by atoms with E-state index in [4.69, 9.17) is 15.2 Å². The van der Waals surface area contributed by atoms with Crippen LogP contribution in [0.4, 0.5) is 5.69 Å². The lowest BCUT2D eigenvalue weighted by Gasteiger charge is -2.33. The molecule has 1 fully saturated rings. The summed E-state index contributed by atoms with van der Waals surface area (Å²) in [4.78, 5) is 13.2. The minimum atomic E-state index is -0.523. The van der Waals surface area contributed by atoms with Gasteiger partial charge in [0, 0.05) is 5.69 Å². The molecule has 0 radical (unpaired) electrons. The summed E-state index contributed by atoms with van der Waals surface area (Å²) >= 11 is 0. The van der Waals surface area contributed by atoms with Gasteiger partial charge < -0.3 is 15.2 Å². The first-order valence-corrected chi connectivity index (χ1v) is 9.47. The van der Waals surface area contributed by atoms with E-state index < -0.39 is 5.60 Å². The molecular weight excluding hydrogens is 338 g/mol. The molecule has 2 aromatic rings. The minimum absolute atomic E-state index is 0.0333. The van der Waals surface area contributed by atoms with Gasteiger partial charge in [0.1, 0.15) is 17.5 Å². The fourth-order valence-electron chi connectivity index (χ4n) is 4.27. The Labute approximate surface area is 160 Å². The average Bonchev–Trinajstić information content (AvgIpc) is 3.04. The van der Waals surface area contributed by atoms with Gasteiger partial charge in [-0.15, -0.1) is 0 Å². The van der Waals surface area contributed by atoms with Crippen LogP contribution in [0.25, 0.3) is 16.7 Å². The topological polar surface area (TPSA) is 61.6 Å². The number of fused-ring (bicyclic) bond motifs is 2. The zero-order valence-corrected chi connectivity index (χ0v) is 16.0. The normalized spacial score (nSPS) is 24.4. The maximum atomic E-state index is 13.2. The first-order valence-electron chi connectivity index (χ1n) is 9.47. The van der Waals surface area contributed by atoms with Crippen LogP contribution in [0.5, 0.6) is 0 Å². The van der Waals surface area contributed by atoms with Crippen LogP contribution in [0.1, 0.15) is 37.8 Å². The van der Waals surface area contributed by atoms with Crippen molar-refractivity contribution in [2.75, 3.05) is 12.8 Å². The van der Waals surface area contributed by atoms with Crippen molar-refractivity contribution in [3.8, 4) is 11.1 Å². The SMILES string of the molecule is CCc1ccc(-c2ccc(N)cc2)cc1C1=C(OC)[C@@]2(C)CC[C@H](O2)C1=O. The third kappa shape index (κ3) is 2.85. The highest BCUT2D eigenvalue weighted by molar-refractivity contribution is 6.25. The summed E-state index contributed by atoms with van der Waals surface area (Å²) in [5, 5.41) is 0. The van der Waals surface area contributed by atoms with Gasteiger partial charge in [0.25, 0.3) is 0 Å². The van der Waals surface area contributed by atoms with Crippen molar-refractivity contribution in [2.24, 2.45) is 0 Å². The highest BCUT2D eigenvalue weighted by Crippen LogP contribution is 2.47. The van der Waals surface area contributed by atoms with E-state index in [0.29, 0.717) is 11.3 Å². The number of nitrogens with two attached hydrogens (primary N) is 1. The third-order valence-corrected chi connectivity index (χ3v) is 5.74. The van der Waals surface area contributed by atoms with Crippen LogP contribution < -0.4 is 5.73 Å². The summed E-state index contributed by atoms with van der Waals surface area (Å²) in [6.07, 6.45) is 2.02. The molecule has 0 aliphatic carbocycles. The average molecular weight is 363 g/mol. The smallest absolute Gasteiger partial charge is 0.195 e. The van der Waals surface area contributed by atoms with E-state index in [-0.39, 0.29) is 11.9 Å². The number of carbonyl (C=O) groups is 1. The summed E-state index contributed by atoms with van der Waals surface area (Å²) in [7, 11) is 1.63. The van der Waals surface area contributed by atoms with Crippen LogP contribution in [0.15, 0.2) is 48.2 Å². The number of hydrogen-bond acceptors (Lipinski definition) is 4. The van der Waals surface area contributed by atoms with Crippen LogP contribution in [-0.2, 0) is 20.7 Å². The number of Topliss-reactive ketones (excluding diaryl/α,β-unsaturated/α-hetero) is 1. The van der Waals surface area contributed by atoms with Crippen molar-refractivity contribution in [2.45, 2.75) is 44.8 Å². The van der Waals surface area contributed by atoms with E-state index in [0.717, 1.165) is 47.2 Å².